The van der Waals surface area contributed by atoms with Crippen LogP contribution in [0.2, 0.25) is 0 Å². The maximum atomic E-state index is 12.4. The normalized spacial score (nSPS) is 26.4. The summed E-state index contributed by atoms with van der Waals surface area (Å²) < 4.78 is 6.00. The van der Waals surface area contributed by atoms with Crippen LogP contribution < -0.4 is 5.32 Å². The van der Waals surface area contributed by atoms with Crippen molar-refractivity contribution in [2.24, 2.45) is 0 Å². The first kappa shape index (κ1) is 15.7. The number of thiazole rings is 1. The molecule has 0 aliphatic carbocycles. The van der Waals surface area contributed by atoms with E-state index in [-0.39, 0.29) is 18.1 Å². The van der Waals surface area contributed by atoms with Gasteiger partial charge in [-0.2, -0.15) is 0 Å². The number of pyridine rings is 1. The Hall–Kier alpha value is -1.83. The van der Waals surface area contributed by atoms with Crippen molar-refractivity contribution in [3.8, 4) is 0 Å². The summed E-state index contributed by atoms with van der Waals surface area (Å²) in [5.41, 5.74) is 0.995. The highest BCUT2D eigenvalue weighted by Gasteiger charge is 2.45. The van der Waals surface area contributed by atoms with Crippen molar-refractivity contribution in [1.29, 1.82) is 0 Å². The highest BCUT2D eigenvalue weighted by atomic mass is 32.1. The van der Waals surface area contributed by atoms with Crippen LogP contribution in [0.15, 0.2) is 36.1 Å². The molecular weight excluding hydrogens is 324 g/mol. The van der Waals surface area contributed by atoms with Gasteiger partial charge in [0.25, 0.3) is 0 Å². The third-order valence-corrected chi connectivity index (χ3v) is 5.46. The molecule has 6 nitrogen and oxygen atoms in total. The summed E-state index contributed by atoms with van der Waals surface area (Å²) in [6, 6.07) is 4.14. The van der Waals surface area contributed by atoms with E-state index < -0.39 is 0 Å². The quantitative estimate of drug-likeness (QED) is 0.892. The Labute approximate surface area is 144 Å². The fourth-order valence-corrected chi connectivity index (χ4v) is 4.15. The number of ether oxygens (including phenoxy) is 1. The van der Waals surface area contributed by atoms with Crippen molar-refractivity contribution < 1.29 is 9.53 Å². The first-order valence-corrected chi connectivity index (χ1v) is 9.12. The molecule has 3 atom stereocenters. The van der Waals surface area contributed by atoms with E-state index in [4.69, 9.17) is 4.74 Å². The lowest BCUT2D eigenvalue weighted by atomic mass is 10.1. The van der Waals surface area contributed by atoms with Gasteiger partial charge < -0.3 is 10.1 Å². The number of nitrogens with zero attached hydrogens (tertiary/aromatic N) is 3. The predicted molar refractivity (Wildman–Crippen MR) is 90.3 cm³/mol. The second kappa shape index (κ2) is 6.96. The number of aromatic nitrogens is 2. The zero-order chi connectivity index (χ0) is 16.4. The summed E-state index contributed by atoms with van der Waals surface area (Å²) >= 11 is 1.68. The molecule has 0 spiro atoms. The van der Waals surface area contributed by atoms with Gasteiger partial charge in [-0.3, -0.25) is 14.7 Å². The Morgan fingerprint density at radius 2 is 2.42 bits per heavy atom. The van der Waals surface area contributed by atoms with Crippen molar-refractivity contribution in [1.82, 2.24) is 20.2 Å². The van der Waals surface area contributed by atoms with Crippen LogP contribution in [-0.4, -0.2) is 45.6 Å². The molecule has 2 saturated heterocycles. The fraction of sp³-hybridized carbons (Fsp3) is 0.471. The number of carbonyl (C=O) groups is 1. The van der Waals surface area contributed by atoms with Gasteiger partial charge in [0.1, 0.15) is 11.1 Å². The number of hydrogen-bond donors (Lipinski definition) is 1. The summed E-state index contributed by atoms with van der Waals surface area (Å²) in [6.07, 6.45) is 6.89. The standard InChI is InChI=1S/C17H20N4O2S/c22-17(20-10-12-2-1-4-18-9-12)15-8-13-14(23-15)3-6-21(13)11-16-19-5-7-24-16/h1-2,4-5,7,9,13-15H,3,6,8,10-11H2,(H,20,22)/t13-,14-,15-/m0/s1. The van der Waals surface area contributed by atoms with E-state index >= 15 is 0 Å². The number of carbonyl (C=O) groups excluding carboxylic acids is 1. The van der Waals surface area contributed by atoms with Crippen LogP contribution in [0.1, 0.15) is 23.4 Å². The van der Waals surface area contributed by atoms with E-state index in [0.717, 1.165) is 36.5 Å². The van der Waals surface area contributed by atoms with Crippen LogP contribution in [0.4, 0.5) is 0 Å². The number of nitrogens with one attached hydrogen (secondary N) is 1. The van der Waals surface area contributed by atoms with Gasteiger partial charge in [-0.1, -0.05) is 6.07 Å². The average Bonchev–Trinajstić information content (AvgIpc) is 3.32. The molecule has 2 aromatic rings. The Bertz CT molecular complexity index is 679. The molecule has 1 amide bonds. The van der Waals surface area contributed by atoms with E-state index in [0.29, 0.717) is 12.6 Å². The predicted octanol–water partition coefficient (Wildman–Crippen LogP) is 1.59. The monoisotopic (exact) mass is 344 g/mol. The maximum absolute atomic E-state index is 12.4. The molecule has 126 valence electrons. The third kappa shape index (κ3) is 3.33. The molecular formula is C17H20N4O2S. The van der Waals surface area contributed by atoms with Crippen LogP contribution in [0, 0.1) is 0 Å². The molecule has 0 saturated carbocycles. The summed E-state index contributed by atoms with van der Waals surface area (Å²) in [5, 5.41) is 6.09. The van der Waals surface area contributed by atoms with Gasteiger partial charge >= 0.3 is 0 Å². The molecule has 7 heteroatoms. The minimum absolute atomic E-state index is 0.0255. The lowest BCUT2D eigenvalue weighted by Gasteiger charge is -2.21. The number of likely N-dealkylation sites (tertiary alicyclic amines) is 1. The second-order valence-corrected chi connectivity index (χ2v) is 7.21. The van der Waals surface area contributed by atoms with Crippen molar-refractivity contribution in [2.45, 2.75) is 44.2 Å². The highest BCUT2D eigenvalue weighted by molar-refractivity contribution is 7.09. The van der Waals surface area contributed by atoms with Crippen LogP contribution in [0.25, 0.3) is 0 Å². The Balaban J connectivity index is 1.31. The molecule has 2 aliphatic rings. The smallest absolute Gasteiger partial charge is 0.249 e. The molecule has 2 fully saturated rings. The molecule has 0 radical (unpaired) electrons. The van der Waals surface area contributed by atoms with Crippen LogP contribution in [-0.2, 0) is 22.6 Å². The lowest BCUT2D eigenvalue weighted by molar-refractivity contribution is -0.132. The zero-order valence-corrected chi connectivity index (χ0v) is 14.1. The highest BCUT2D eigenvalue weighted by Crippen LogP contribution is 2.34. The molecule has 0 bridgehead atoms. The van der Waals surface area contributed by atoms with Gasteiger partial charge in [0.15, 0.2) is 0 Å². The largest absolute Gasteiger partial charge is 0.363 e. The fourth-order valence-electron chi connectivity index (χ4n) is 3.51. The maximum Gasteiger partial charge on any atom is 0.249 e. The van der Waals surface area contributed by atoms with E-state index in [2.05, 4.69) is 20.2 Å². The van der Waals surface area contributed by atoms with Crippen molar-refractivity contribution >= 4 is 17.2 Å². The summed E-state index contributed by atoms with van der Waals surface area (Å²) in [6.45, 7) is 2.36. The average molecular weight is 344 g/mol. The van der Waals surface area contributed by atoms with Crippen LogP contribution in [0.3, 0.4) is 0 Å². The van der Waals surface area contributed by atoms with Crippen molar-refractivity contribution in [3.63, 3.8) is 0 Å². The topological polar surface area (TPSA) is 67.4 Å². The summed E-state index contributed by atoms with van der Waals surface area (Å²) in [4.78, 5) is 23.2. The van der Waals surface area contributed by atoms with E-state index in [9.17, 15) is 4.79 Å². The first-order valence-electron chi connectivity index (χ1n) is 8.24. The summed E-state index contributed by atoms with van der Waals surface area (Å²) in [5.74, 6) is -0.0255. The Kier molecular flexibility index (Phi) is 4.55. The van der Waals surface area contributed by atoms with Gasteiger partial charge in [-0.25, -0.2) is 4.98 Å². The SMILES string of the molecule is O=C(NCc1cccnc1)[C@@H]1C[C@H]2[C@H](CCN2Cc2nccs2)O1. The van der Waals surface area contributed by atoms with Gasteiger partial charge in [-0.15, -0.1) is 11.3 Å². The van der Waals surface area contributed by atoms with Gasteiger partial charge in [0, 0.05) is 49.5 Å². The molecule has 4 rings (SSSR count). The number of rotatable bonds is 5. The van der Waals surface area contributed by atoms with Crippen molar-refractivity contribution in [3.05, 3.63) is 46.7 Å². The van der Waals surface area contributed by atoms with Gasteiger partial charge in [0.05, 0.1) is 12.6 Å². The van der Waals surface area contributed by atoms with E-state index in [1.54, 1.807) is 23.7 Å². The molecule has 0 unspecified atom stereocenters. The number of hydrogen-bond acceptors (Lipinski definition) is 6. The van der Waals surface area contributed by atoms with E-state index in [1.807, 2.05) is 23.7 Å². The number of fused-ring (bicyclic) bond motifs is 1. The van der Waals surface area contributed by atoms with E-state index in [1.165, 1.54) is 0 Å². The lowest BCUT2D eigenvalue weighted by Crippen LogP contribution is -2.36. The molecule has 1 N–H and O–H groups in total. The molecule has 24 heavy (non-hydrogen) atoms. The van der Waals surface area contributed by atoms with Crippen LogP contribution in [0.5, 0.6) is 0 Å². The Morgan fingerprint density at radius 3 is 3.21 bits per heavy atom. The minimum Gasteiger partial charge on any atom is -0.363 e. The van der Waals surface area contributed by atoms with Crippen LogP contribution >= 0.6 is 11.3 Å². The third-order valence-electron chi connectivity index (χ3n) is 4.70. The molecule has 0 aromatic carbocycles. The Morgan fingerprint density at radius 1 is 1.46 bits per heavy atom. The minimum atomic E-state index is -0.351. The van der Waals surface area contributed by atoms with Gasteiger partial charge in [0.2, 0.25) is 5.91 Å². The van der Waals surface area contributed by atoms with Gasteiger partial charge in [-0.05, 0) is 18.1 Å². The first-order chi connectivity index (χ1) is 11.8. The second-order valence-electron chi connectivity index (χ2n) is 6.23. The summed E-state index contributed by atoms with van der Waals surface area (Å²) in [7, 11) is 0. The van der Waals surface area contributed by atoms with Crippen molar-refractivity contribution in [2.75, 3.05) is 6.54 Å². The molecule has 2 aliphatic heterocycles. The molecule has 2 aromatic heterocycles. The zero-order valence-electron chi connectivity index (χ0n) is 13.3. The number of amides is 1. The molecule has 4 heterocycles.